The number of benzene rings is 1. The molecule has 1 aromatic heterocycles. The van der Waals surface area contributed by atoms with E-state index in [2.05, 4.69) is 30.7 Å². The molecule has 3 N–H and O–H groups in total. The lowest BCUT2D eigenvalue weighted by Crippen LogP contribution is -2.45. The van der Waals surface area contributed by atoms with E-state index in [-0.39, 0.29) is 24.1 Å². The van der Waals surface area contributed by atoms with Gasteiger partial charge in [0.15, 0.2) is 5.96 Å². The number of aryl methyl sites for hydroxylation is 1. The summed E-state index contributed by atoms with van der Waals surface area (Å²) in [7, 11) is 1.66. The van der Waals surface area contributed by atoms with Crippen molar-refractivity contribution < 1.29 is 18.3 Å². The van der Waals surface area contributed by atoms with Crippen molar-refractivity contribution >= 4 is 23.4 Å². The van der Waals surface area contributed by atoms with Crippen LogP contribution in [0.1, 0.15) is 18.4 Å². The molecule has 0 spiro atoms. The molecule has 0 bridgehead atoms. The van der Waals surface area contributed by atoms with Crippen LogP contribution in [0.5, 0.6) is 5.75 Å². The van der Waals surface area contributed by atoms with E-state index in [1.54, 1.807) is 43.6 Å². The molecule has 32 heavy (non-hydrogen) atoms. The smallest absolute Gasteiger partial charge is 0.387 e. The number of carbonyl (C=O) groups is 1. The van der Waals surface area contributed by atoms with Crippen LogP contribution in [0.2, 0.25) is 0 Å². The van der Waals surface area contributed by atoms with Gasteiger partial charge < -0.3 is 25.6 Å². The van der Waals surface area contributed by atoms with E-state index in [4.69, 9.17) is 0 Å². The van der Waals surface area contributed by atoms with Crippen molar-refractivity contribution in [1.82, 2.24) is 15.6 Å². The van der Waals surface area contributed by atoms with Crippen LogP contribution in [-0.2, 0) is 4.79 Å². The fourth-order valence-corrected chi connectivity index (χ4v) is 3.44. The van der Waals surface area contributed by atoms with E-state index >= 15 is 0 Å². The normalized spacial score (nSPS) is 16.2. The third kappa shape index (κ3) is 6.79. The SMILES string of the molecule is CN=C(NCCC(=O)Nc1ccc(C)cn1)NC1CCN(c2ccccc2OC(F)F)C1. The van der Waals surface area contributed by atoms with Crippen LogP contribution >= 0.6 is 0 Å². The van der Waals surface area contributed by atoms with E-state index in [1.165, 1.54) is 0 Å². The summed E-state index contributed by atoms with van der Waals surface area (Å²) in [6.45, 7) is 0.780. The Hall–Kier alpha value is -3.43. The first-order chi connectivity index (χ1) is 15.4. The molecular weight excluding hydrogens is 418 g/mol. The van der Waals surface area contributed by atoms with Crippen molar-refractivity contribution in [1.29, 1.82) is 0 Å². The quantitative estimate of drug-likeness (QED) is 0.427. The van der Waals surface area contributed by atoms with Gasteiger partial charge in [0.2, 0.25) is 5.91 Å². The average Bonchev–Trinajstić information content (AvgIpc) is 3.23. The lowest BCUT2D eigenvalue weighted by molar-refractivity contribution is -0.116. The number of ether oxygens (including phenoxy) is 1. The summed E-state index contributed by atoms with van der Waals surface area (Å²) in [5, 5.41) is 9.20. The molecule has 2 aromatic rings. The number of rotatable bonds is 8. The number of pyridine rings is 1. The Morgan fingerprint density at radius 2 is 2.12 bits per heavy atom. The maximum Gasteiger partial charge on any atom is 0.387 e. The van der Waals surface area contributed by atoms with Gasteiger partial charge in [-0.3, -0.25) is 9.79 Å². The van der Waals surface area contributed by atoms with Crippen molar-refractivity contribution in [3.63, 3.8) is 0 Å². The third-order valence-corrected chi connectivity index (χ3v) is 5.00. The minimum atomic E-state index is -2.87. The van der Waals surface area contributed by atoms with Crippen molar-refractivity contribution in [2.24, 2.45) is 4.99 Å². The number of nitrogens with one attached hydrogen (secondary N) is 3. The molecule has 1 aliphatic rings. The van der Waals surface area contributed by atoms with Crippen molar-refractivity contribution in [2.75, 3.05) is 36.9 Å². The Labute approximate surface area is 186 Å². The number of anilines is 2. The van der Waals surface area contributed by atoms with Crippen molar-refractivity contribution in [3.05, 3.63) is 48.2 Å². The fourth-order valence-electron chi connectivity index (χ4n) is 3.44. The zero-order valence-corrected chi connectivity index (χ0v) is 18.1. The van der Waals surface area contributed by atoms with Crippen LogP contribution in [0.3, 0.4) is 0 Å². The topological polar surface area (TPSA) is 90.9 Å². The van der Waals surface area contributed by atoms with Crippen LogP contribution in [0, 0.1) is 6.92 Å². The Morgan fingerprint density at radius 3 is 2.84 bits per heavy atom. The summed E-state index contributed by atoms with van der Waals surface area (Å²) in [6.07, 6.45) is 2.76. The molecule has 172 valence electrons. The van der Waals surface area contributed by atoms with E-state index in [9.17, 15) is 13.6 Å². The molecule has 0 saturated carbocycles. The van der Waals surface area contributed by atoms with Crippen LogP contribution in [0.25, 0.3) is 0 Å². The molecule has 1 unspecified atom stereocenters. The molecule has 1 atom stereocenters. The van der Waals surface area contributed by atoms with Crippen molar-refractivity contribution in [3.8, 4) is 5.75 Å². The fraction of sp³-hybridized carbons (Fsp3) is 0.409. The highest BCUT2D eigenvalue weighted by atomic mass is 19.3. The average molecular weight is 447 g/mol. The number of alkyl halides is 2. The Bertz CT molecular complexity index is 923. The molecule has 0 radical (unpaired) electrons. The number of halogens is 2. The molecule has 0 aliphatic carbocycles. The van der Waals surface area contributed by atoms with Gasteiger partial charge >= 0.3 is 6.61 Å². The van der Waals surface area contributed by atoms with E-state index in [0.717, 1.165) is 12.0 Å². The number of nitrogens with zero attached hydrogens (tertiary/aromatic N) is 3. The highest BCUT2D eigenvalue weighted by Gasteiger charge is 2.26. The van der Waals surface area contributed by atoms with E-state index < -0.39 is 6.61 Å². The minimum absolute atomic E-state index is 0.0754. The van der Waals surface area contributed by atoms with Crippen molar-refractivity contribution in [2.45, 2.75) is 32.4 Å². The third-order valence-electron chi connectivity index (χ3n) is 5.00. The summed E-state index contributed by atoms with van der Waals surface area (Å²) in [5.41, 5.74) is 1.66. The lowest BCUT2D eigenvalue weighted by Gasteiger charge is -2.22. The number of amides is 1. The predicted octanol–water partition coefficient (Wildman–Crippen LogP) is 2.76. The van der Waals surface area contributed by atoms with Gasteiger partial charge in [0.05, 0.1) is 5.69 Å². The van der Waals surface area contributed by atoms with Crippen LogP contribution in [0.4, 0.5) is 20.3 Å². The second-order valence-corrected chi connectivity index (χ2v) is 7.44. The van der Waals surface area contributed by atoms with Gasteiger partial charge in [-0.25, -0.2) is 4.98 Å². The summed E-state index contributed by atoms with van der Waals surface area (Å²) < 4.78 is 30.0. The molecule has 1 amide bonds. The monoisotopic (exact) mass is 446 g/mol. The van der Waals surface area contributed by atoms with Gasteiger partial charge in [0.25, 0.3) is 0 Å². The standard InChI is InChI=1S/C22H28F2N6O2/c1-15-7-8-19(27-13-15)29-20(31)9-11-26-22(25-2)28-16-10-12-30(14-16)17-5-3-4-6-18(17)32-21(23)24/h3-8,13,16,21H,9-12,14H2,1-2H3,(H2,25,26,28)(H,27,29,31). The Balaban J connectivity index is 1.44. The second kappa shape index (κ2) is 11.3. The Morgan fingerprint density at radius 1 is 1.31 bits per heavy atom. The summed E-state index contributed by atoms with van der Waals surface area (Å²) >= 11 is 0. The first-order valence-electron chi connectivity index (χ1n) is 10.4. The molecule has 8 nitrogen and oxygen atoms in total. The number of hydrogen-bond acceptors (Lipinski definition) is 5. The van der Waals surface area contributed by atoms with Gasteiger partial charge in [-0.05, 0) is 37.1 Å². The number of aliphatic imine (C=N–C) groups is 1. The number of para-hydroxylation sites is 2. The predicted molar refractivity (Wildman–Crippen MR) is 120 cm³/mol. The maximum atomic E-state index is 12.7. The highest BCUT2D eigenvalue weighted by molar-refractivity contribution is 5.90. The van der Waals surface area contributed by atoms with Crippen LogP contribution in [-0.4, -0.2) is 56.2 Å². The summed E-state index contributed by atoms with van der Waals surface area (Å²) in [4.78, 5) is 22.5. The zero-order valence-electron chi connectivity index (χ0n) is 18.1. The maximum absolute atomic E-state index is 12.7. The molecule has 2 heterocycles. The second-order valence-electron chi connectivity index (χ2n) is 7.44. The largest absolute Gasteiger partial charge is 0.433 e. The van der Waals surface area contributed by atoms with Gasteiger partial charge in [0.1, 0.15) is 11.6 Å². The lowest BCUT2D eigenvalue weighted by atomic mass is 10.2. The highest BCUT2D eigenvalue weighted by Crippen LogP contribution is 2.31. The van der Waals surface area contributed by atoms with Crippen LogP contribution < -0.4 is 25.6 Å². The first kappa shape index (κ1) is 23.2. The summed E-state index contributed by atoms with van der Waals surface area (Å²) in [5.74, 6) is 1.12. The molecule has 3 rings (SSSR count). The number of carbonyl (C=O) groups excluding carboxylic acids is 1. The van der Waals surface area contributed by atoms with Gasteiger partial charge in [0, 0.05) is 45.3 Å². The first-order valence-corrected chi connectivity index (χ1v) is 10.4. The van der Waals surface area contributed by atoms with Gasteiger partial charge in [-0.1, -0.05) is 18.2 Å². The number of hydrogen-bond donors (Lipinski definition) is 3. The summed E-state index contributed by atoms with van der Waals surface area (Å²) in [6, 6.07) is 10.5. The van der Waals surface area contributed by atoms with Gasteiger partial charge in [-0.15, -0.1) is 0 Å². The minimum Gasteiger partial charge on any atom is -0.433 e. The zero-order chi connectivity index (χ0) is 22.9. The molecule has 1 aromatic carbocycles. The molecule has 1 aliphatic heterocycles. The molecule has 10 heteroatoms. The van der Waals surface area contributed by atoms with Crippen LogP contribution in [0.15, 0.2) is 47.6 Å². The van der Waals surface area contributed by atoms with Gasteiger partial charge in [-0.2, -0.15) is 8.78 Å². The number of guanidine groups is 1. The number of aromatic nitrogens is 1. The molecule has 1 saturated heterocycles. The molecular formula is C22H28F2N6O2. The molecule has 1 fully saturated rings. The van der Waals surface area contributed by atoms with E-state index in [0.29, 0.717) is 37.1 Å². The van der Waals surface area contributed by atoms with E-state index in [1.807, 2.05) is 17.9 Å². The Kier molecular flexibility index (Phi) is 8.18.